The summed E-state index contributed by atoms with van der Waals surface area (Å²) < 4.78 is 41.3. The number of carbonyl (C=O) groups excluding carboxylic acids is 3. The Morgan fingerprint density at radius 1 is 0.971 bits per heavy atom. The average molecular weight is 532 g/mol. The lowest BCUT2D eigenvalue weighted by Crippen LogP contribution is -2.47. The first-order chi connectivity index (χ1) is 16.1. The molecular formula is C24H17BrF3N3O3. The molecule has 1 N–H and O–H groups in total. The van der Waals surface area contributed by atoms with Crippen LogP contribution in [-0.2, 0) is 12.6 Å². The van der Waals surface area contributed by atoms with Crippen molar-refractivity contribution in [1.82, 2.24) is 15.2 Å². The van der Waals surface area contributed by atoms with Gasteiger partial charge in [-0.05, 0) is 58.2 Å². The van der Waals surface area contributed by atoms with Crippen LogP contribution in [0.3, 0.4) is 0 Å². The van der Waals surface area contributed by atoms with E-state index in [1.54, 1.807) is 18.2 Å². The number of aromatic nitrogens is 1. The number of nitrogens with one attached hydrogen (secondary N) is 1. The molecule has 10 heteroatoms. The smallest absolute Gasteiger partial charge is 0.346 e. The van der Waals surface area contributed by atoms with Gasteiger partial charge in [0.25, 0.3) is 17.7 Å². The molecule has 174 valence electrons. The fourth-order valence-electron chi connectivity index (χ4n) is 3.80. The van der Waals surface area contributed by atoms with Gasteiger partial charge < -0.3 is 5.32 Å². The van der Waals surface area contributed by atoms with Gasteiger partial charge in [-0.1, -0.05) is 30.3 Å². The predicted octanol–water partition coefficient (Wildman–Crippen LogP) is 4.50. The van der Waals surface area contributed by atoms with Gasteiger partial charge in [0.15, 0.2) is 0 Å². The molecule has 3 aromatic rings. The highest BCUT2D eigenvalue weighted by atomic mass is 79.9. The molecule has 0 radical (unpaired) electrons. The topological polar surface area (TPSA) is 79.4 Å². The van der Waals surface area contributed by atoms with Crippen molar-refractivity contribution in [1.29, 1.82) is 0 Å². The minimum absolute atomic E-state index is 0.0414. The molecule has 0 fully saturated rings. The summed E-state index contributed by atoms with van der Waals surface area (Å²) >= 11 is 3.22. The molecule has 0 saturated heterocycles. The first-order valence-corrected chi connectivity index (χ1v) is 11.0. The zero-order valence-electron chi connectivity index (χ0n) is 17.5. The molecule has 34 heavy (non-hydrogen) atoms. The van der Waals surface area contributed by atoms with Crippen LogP contribution in [0.1, 0.15) is 42.3 Å². The van der Waals surface area contributed by atoms with Crippen molar-refractivity contribution in [3.63, 3.8) is 0 Å². The van der Waals surface area contributed by atoms with Gasteiger partial charge in [0.2, 0.25) is 0 Å². The highest BCUT2D eigenvalue weighted by molar-refractivity contribution is 9.10. The molecular weight excluding hydrogens is 515 g/mol. The Bertz CT molecular complexity index is 1230. The molecule has 2 heterocycles. The van der Waals surface area contributed by atoms with Crippen LogP contribution in [0, 0.1) is 0 Å². The summed E-state index contributed by atoms with van der Waals surface area (Å²) in [5.41, 5.74) is -0.454. The summed E-state index contributed by atoms with van der Waals surface area (Å²) in [6.45, 7) is -0.305. The van der Waals surface area contributed by atoms with E-state index in [1.807, 2.05) is 0 Å². The van der Waals surface area contributed by atoms with Crippen molar-refractivity contribution in [2.75, 3.05) is 6.54 Å². The van der Waals surface area contributed by atoms with E-state index >= 15 is 0 Å². The largest absolute Gasteiger partial charge is 0.416 e. The van der Waals surface area contributed by atoms with Crippen molar-refractivity contribution >= 4 is 33.7 Å². The van der Waals surface area contributed by atoms with Gasteiger partial charge in [-0.25, -0.2) is 4.98 Å². The molecule has 0 saturated carbocycles. The molecule has 0 bridgehead atoms. The molecule has 4 rings (SSSR count). The number of hydrogen-bond acceptors (Lipinski definition) is 4. The first-order valence-electron chi connectivity index (χ1n) is 10.2. The van der Waals surface area contributed by atoms with Gasteiger partial charge in [-0.3, -0.25) is 19.3 Å². The van der Waals surface area contributed by atoms with E-state index < -0.39 is 35.5 Å². The maximum Gasteiger partial charge on any atom is 0.416 e. The molecule has 1 aliphatic rings. The molecule has 1 aromatic heterocycles. The van der Waals surface area contributed by atoms with Gasteiger partial charge in [0.1, 0.15) is 5.69 Å². The van der Waals surface area contributed by atoms with Gasteiger partial charge in [-0.15, -0.1) is 0 Å². The Morgan fingerprint density at radius 3 is 2.18 bits per heavy atom. The molecule has 0 spiro atoms. The number of nitrogens with zero attached hydrogens (tertiary/aromatic N) is 2. The lowest BCUT2D eigenvalue weighted by atomic mass is 9.99. The summed E-state index contributed by atoms with van der Waals surface area (Å²) in [5.74, 6) is -1.77. The van der Waals surface area contributed by atoms with Crippen LogP contribution in [0.15, 0.2) is 71.3 Å². The normalized spacial score (nSPS) is 14.2. The second-order valence-corrected chi connectivity index (χ2v) is 8.57. The standard InChI is InChI=1S/C24H17BrF3N3O3/c25-15-9-10-20(29-12-15)21(32)30-16(11-14-5-1-4-8-19(14)24(26,27)28)13-31-22(33)17-6-2-3-7-18(17)23(31)34/h1-10,12,16H,11,13H2,(H,30,32)/t16-/m0/s1. The number of imide groups is 1. The monoisotopic (exact) mass is 531 g/mol. The third kappa shape index (κ3) is 4.86. The number of halogens is 4. The Kier molecular flexibility index (Phi) is 6.52. The SMILES string of the molecule is O=C(N[C@@H](Cc1ccccc1C(F)(F)F)CN1C(=O)c2ccccc2C1=O)c1ccc(Br)cn1. The van der Waals surface area contributed by atoms with Crippen LogP contribution in [-0.4, -0.2) is 40.2 Å². The van der Waals surface area contributed by atoms with Crippen LogP contribution in [0.25, 0.3) is 0 Å². The molecule has 0 unspecified atom stereocenters. The van der Waals surface area contributed by atoms with E-state index in [1.165, 1.54) is 42.6 Å². The highest BCUT2D eigenvalue weighted by Crippen LogP contribution is 2.32. The number of carbonyl (C=O) groups is 3. The quantitative estimate of drug-likeness (QED) is 0.475. The van der Waals surface area contributed by atoms with Crippen molar-refractivity contribution in [3.8, 4) is 0 Å². The summed E-state index contributed by atoms with van der Waals surface area (Å²) in [5, 5.41) is 2.64. The van der Waals surface area contributed by atoms with Gasteiger partial charge in [0.05, 0.1) is 22.7 Å². The second kappa shape index (κ2) is 9.38. The van der Waals surface area contributed by atoms with Crippen LogP contribution < -0.4 is 5.32 Å². The zero-order chi connectivity index (χ0) is 24.5. The lowest BCUT2D eigenvalue weighted by molar-refractivity contribution is -0.138. The Labute approximate surface area is 200 Å². The minimum Gasteiger partial charge on any atom is -0.346 e. The minimum atomic E-state index is -4.60. The number of amides is 3. The van der Waals surface area contributed by atoms with Gasteiger partial charge >= 0.3 is 6.18 Å². The zero-order valence-corrected chi connectivity index (χ0v) is 19.1. The van der Waals surface area contributed by atoms with Crippen LogP contribution in [0.5, 0.6) is 0 Å². The van der Waals surface area contributed by atoms with Crippen LogP contribution >= 0.6 is 15.9 Å². The molecule has 2 aromatic carbocycles. The maximum atomic E-state index is 13.6. The Balaban J connectivity index is 1.64. The second-order valence-electron chi connectivity index (χ2n) is 7.66. The number of hydrogen-bond donors (Lipinski definition) is 1. The molecule has 0 aliphatic carbocycles. The van der Waals surface area contributed by atoms with Gasteiger partial charge in [0, 0.05) is 17.2 Å². The third-order valence-corrected chi connectivity index (χ3v) is 5.83. The summed E-state index contributed by atoms with van der Waals surface area (Å²) in [7, 11) is 0. The fourth-order valence-corrected chi connectivity index (χ4v) is 4.03. The average Bonchev–Trinajstić information content (AvgIpc) is 3.04. The van der Waals surface area contributed by atoms with Crippen molar-refractivity contribution < 1.29 is 27.6 Å². The maximum absolute atomic E-state index is 13.6. The van der Waals surface area contributed by atoms with E-state index in [9.17, 15) is 27.6 Å². The van der Waals surface area contributed by atoms with E-state index in [4.69, 9.17) is 0 Å². The van der Waals surface area contributed by atoms with E-state index in [-0.39, 0.29) is 35.3 Å². The van der Waals surface area contributed by atoms with Gasteiger partial charge in [-0.2, -0.15) is 13.2 Å². The number of benzene rings is 2. The summed E-state index contributed by atoms with van der Waals surface area (Å²) in [4.78, 5) is 43.4. The number of alkyl halides is 3. The van der Waals surface area contributed by atoms with E-state index in [2.05, 4.69) is 26.2 Å². The van der Waals surface area contributed by atoms with Crippen molar-refractivity contribution in [3.05, 3.63) is 99.3 Å². The summed E-state index contributed by atoms with van der Waals surface area (Å²) in [6, 6.07) is 13.3. The van der Waals surface area contributed by atoms with Crippen molar-refractivity contribution in [2.45, 2.75) is 18.6 Å². The molecule has 6 nitrogen and oxygen atoms in total. The molecule has 3 amide bonds. The lowest BCUT2D eigenvalue weighted by Gasteiger charge is -2.25. The van der Waals surface area contributed by atoms with Crippen LogP contribution in [0.4, 0.5) is 13.2 Å². The highest BCUT2D eigenvalue weighted by Gasteiger charge is 2.38. The predicted molar refractivity (Wildman–Crippen MR) is 120 cm³/mol. The van der Waals surface area contributed by atoms with E-state index in [0.29, 0.717) is 4.47 Å². The van der Waals surface area contributed by atoms with E-state index in [0.717, 1.165) is 11.0 Å². The van der Waals surface area contributed by atoms with Crippen molar-refractivity contribution in [2.24, 2.45) is 0 Å². The number of pyridine rings is 1. The van der Waals surface area contributed by atoms with Crippen LogP contribution in [0.2, 0.25) is 0 Å². The Hall–Kier alpha value is -3.53. The fraction of sp³-hybridized carbons (Fsp3) is 0.167. The number of rotatable bonds is 6. The first kappa shape index (κ1) is 23.6. The third-order valence-electron chi connectivity index (χ3n) is 5.37. The summed E-state index contributed by atoms with van der Waals surface area (Å²) in [6.07, 6.45) is -3.45. The molecule has 1 aliphatic heterocycles. The Morgan fingerprint density at radius 2 is 1.59 bits per heavy atom. The molecule has 1 atom stereocenters. The number of fused-ring (bicyclic) bond motifs is 1.